The molecule has 2 N–H and O–H groups in total. The van der Waals surface area contributed by atoms with Crippen molar-refractivity contribution in [1.82, 2.24) is 0 Å². The number of allylic oxidation sites excluding steroid dienone is 1. The second-order valence-corrected chi connectivity index (χ2v) is 2.15. The van der Waals surface area contributed by atoms with E-state index in [9.17, 15) is 0 Å². The smallest absolute Gasteiger partial charge is 0.00425 e. The minimum atomic E-state index is 0.781. The minimum Gasteiger partial charge on any atom is -0.330 e. The maximum absolute atomic E-state index is 5.34. The van der Waals surface area contributed by atoms with Crippen LogP contribution in [-0.4, -0.2) is 6.54 Å². The molecule has 0 aromatic heterocycles. The zero-order valence-corrected chi connectivity index (χ0v) is 6.48. The third-order valence-corrected chi connectivity index (χ3v) is 1.51. The summed E-state index contributed by atoms with van der Waals surface area (Å²) >= 11 is 0. The summed E-state index contributed by atoms with van der Waals surface area (Å²) in [7, 11) is 0. The summed E-state index contributed by atoms with van der Waals surface area (Å²) in [6.07, 6.45) is 5.64. The van der Waals surface area contributed by atoms with Gasteiger partial charge in [-0.05, 0) is 25.8 Å². The normalized spacial score (nSPS) is 9.22. The fourth-order valence-electron chi connectivity index (χ4n) is 0.826. The standard InChI is InChI=1S/C8H17N/c1-3-8(4-2)6-5-7-9/h6H,3-5,7,9H2,1-2H3. The molecule has 0 atom stereocenters. The van der Waals surface area contributed by atoms with Gasteiger partial charge < -0.3 is 5.73 Å². The monoisotopic (exact) mass is 127 g/mol. The van der Waals surface area contributed by atoms with Crippen LogP contribution in [0.1, 0.15) is 33.1 Å². The van der Waals surface area contributed by atoms with E-state index in [0.717, 1.165) is 13.0 Å². The molecule has 0 saturated heterocycles. The Hall–Kier alpha value is -0.300. The van der Waals surface area contributed by atoms with Crippen LogP contribution in [0.5, 0.6) is 0 Å². The average molecular weight is 127 g/mol. The Bertz CT molecular complexity index is 78.6. The quantitative estimate of drug-likeness (QED) is 0.575. The third kappa shape index (κ3) is 4.22. The molecule has 1 heteroatoms. The Morgan fingerprint density at radius 3 is 2.22 bits per heavy atom. The van der Waals surface area contributed by atoms with Gasteiger partial charge in [0.25, 0.3) is 0 Å². The molecule has 9 heavy (non-hydrogen) atoms. The molecule has 0 aromatic rings. The molecule has 0 aromatic carbocycles. The molecule has 0 amide bonds. The van der Waals surface area contributed by atoms with Crippen LogP contribution in [0.3, 0.4) is 0 Å². The molecule has 1 nitrogen and oxygen atoms in total. The molecule has 0 aliphatic rings. The van der Waals surface area contributed by atoms with Crippen LogP contribution in [0.2, 0.25) is 0 Å². The van der Waals surface area contributed by atoms with Crippen molar-refractivity contribution in [2.75, 3.05) is 6.54 Å². The molecule has 0 aliphatic carbocycles. The summed E-state index contributed by atoms with van der Waals surface area (Å²) < 4.78 is 0. The zero-order chi connectivity index (χ0) is 7.11. The molecule has 0 saturated carbocycles. The Labute approximate surface area is 57.9 Å². The van der Waals surface area contributed by atoms with Crippen LogP contribution in [0.25, 0.3) is 0 Å². The van der Waals surface area contributed by atoms with Gasteiger partial charge >= 0.3 is 0 Å². The van der Waals surface area contributed by atoms with Gasteiger partial charge in [0.2, 0.25) is 0 Å². The summed E-state index contributed by atoms with van der Waals surface area (Å²) in [5, 5.41) is 0. The summed E-state index contributed by atoms with van der Waals surface area (Å²) in [6, 6.07) is 0. The first-order valence-electron chi connectivity index (χ1n) is 3.73. The Balaban J connectivity index is 3.48. The Kier molecular flexibility index (Phi) is 5.64. The summed E-state index contributed by atoms with van der Waals surface area (Å²) in [5.74, 6) is 0. The van der Waals surface area contributed by atoms with E-state index in [1.807, 2.05) is 0 Å². The van der Waals surface area contributed by atoms with Gasteiger partial charge in [-0.3, -0.25) is 0 Å². The van der Waals surface area contributed by atoms with E-state index < -0.39 is 0 Å². The minimum absolute atomic E-state index is 0.781. The van der Waals surface area contributed by atoms with Crippen molar-refractivity contribution in [2.24, 2.45) is 5.73 Å². The zero-order valence-electron chi connectivity index (χ0n) is 6.48. The lowest BCUT2D eigenvalue weighted by molar-refractivity contribution is 0.925. The molecule has 0 bridgehead atoms. The largest absolute Gasteiger partial charge is 0.330 e. The van der Waals surface area contributed by atoms with Gasteiger partial charge in [0.15, 0.2) is 0 Å². The topological polar surface area (TPSA) is 26.0 Å². The molecule has 0 unspecified atom stereocenters. The van der Waals surface area contributed by atoms with Gasteiger partial charge in [-0.25, -0.2) is 0 Å². The predicted octanol–water partition coefficient (Wildman–Crippen LogP) is 2.08. The van der Waals surface area contributed by atoms with E-state index in [-0.39, 0.29) is 0 Å². The van der Waals surface area contributed by atoms with Crippen LogP contribution in [0.15, 0.2) is 11.6 Å². The number of nitrogens with two attached hydrogens (primary N) is 1. The molecular weight excluding hydrogens is 110 g/mol. The highest BCUT2D eigenvalue weighted by molar-refractivity contribution is 4.99. The molecule has 0 radical (unpaired) electrons. The first-order chi connectivity index (χ1) is 4.35. The van der Waals surface area contributed by atoms with Crippen molar-refractivity contribution in [2.45, 2.75) is 33.1 Å². The number of rotatable bonds is 4. The van der Waals surface area contributed by atoms with E-state index in [0.29, 0.717) is 0 Å². The van der Waals surface area contributed by atoms with E-state index in [1.165, 1.54) is 18.4 Å². The summed E-state index contributed by atoms with van der Waals surface area (Å²) in [5.41, 5.74) is 6.87. The molecule has 0 spiro atoms. The maximum atomic E-state index is 5.34. The van der Waals surface area contributed by atoms with Crippen molar-refractivity contribution in [3.8, 4) is 0 Å². The third-order valence-electron chi connectivity index (χ3n) is 1.51. The highest BCUT2D eigenvalue weighted by atomic mass is 14.5. The molecule has 54 valence electrons. The first-order valence-corrected chi connectivity index (χ1v) is 3.73. The molecule has 0 aliphatic heterocycles. The van der Waals surface area contributed by atoms with Crippen molar-refractivity contribution < 1.29 is 0 Å². The highest BCUT2D eigenvalue weighted by Gasteiger charge is 1.86. The fraction of sp³-hybridized carbons (Fsp3) is 0.750. The second-order valence-electron chi connectivity index (χ2n) is 2.15. The van der Waals surface area contributed by atoms with Crippen molar-refractivity contribution in [3.63, 3.8) is 0 Å². The lowest BCUT2D eigenvalue weighted by atomic mass is 10.1. The lowest BCUT2D eigenvalue weighted by Crippen LogP contribution is -1.96. The van der Waals surface area contributed by atoms with Gasteiger partial charge in [0.1, 0.15) is 0 Å². The van der Waals surface area contributed by atoms with Crippen LogP contribution >= 0.6 is 0 Å². The molecule has 0 rings (SSSR count). The van der Waals surface area contributed by atoms with E-state index in [1.54, 1.807) is 0 Å². The second kappa shape index (κ2) is 5.83. The highest BCUT2D eigenvalue weighted by Crippen LogP contribution is 2.05. The Morgan fingerprint density at radius 1 is 1.33 bits per heavy atom. The van der Waals surface area contributed by atoms with Crippen LogP contribution in [0, 0.1) is 0 Å². The van der Waals surface area contributed by atoms with Crippen LogP contribution in [-0.2, 0) is 0 Å². The van der Waals surface area contributed by atoms with Gasteiger partial charge in [-0.2, -0.15) is 0 Å². The van der Waals surface area contributed by atoms with Crippen LogP contribution in [0.4, 0.5) is 0 Å². The fourth-order valence-corrected chi connectivity index (χ4v) is 0.826. The Morgan fingerprint density at radius 2 is 1.89 bits per heavy atom. The first kappa shape index (κ1) is 8.70. The SMILES string of the molecule is CCC(=CCCN)CC. The molecule has 0 fully saturated rings. The van der Waals surface area contributed by atoms with E-state index in [4.69, 9.17) is 5.73 Å². The number of hydrogen-bond donors (Lipinski definition) is 1. The van der Waals surface area contributed by atoms with Crippen molar-refractivity contribution in [1.29, 1.82) is 0 Å². The molecular formula is C8H17N. The van der Waals surface area contributed by atoms with Gasteiger partial charge in [0.05, 0.1) is 0 Å². The van der Waals surface area contributed by atoms with Gasteiger partial charge in [0, 0.05) is 0 Å². The summed E-state index contributed by atoms with van der Waals surface area (Å²) in [6.45, 7) is 5.15. The van der Waals surface area contributed by atoms with Gasteiger partial charge in [-0.15, -0.1) is 0 Å². The molecule has 0 heterocycles. The maximum Gasteiger partial charge on any atom is -0.00425 e. The van der Waals surface area contributed by atoms with Crippen molar-refractivity contribution in [3.05, 3.63) is 11.6 Å². The predicted molar refractivity (Wildman–Crippen MR) is 42.3 cm³/mol. The van der Waals surface area contributed by atoms with E-state index >= 15 is 0 Å². The average Bonchev–Trinajstić information content (AvgIpc) is 1.91. The lowest BCUT2D eigenvalue weighted by Gasteiger charge is -1.97. The number of hydrogen-bond acceptors (Lipinski definition) is 1. The van der Waals surface area contributed by atoms with Gasteiger partial charge in [-0.1, -0.05) is 25.5 Å². The van der Waals surface area contributed by atoms with Crippen LogP contribution < -0.4 is 5.73 Å². The van der Waals surface area contributed by atoms with Crippen molar-refractivity contribution >= 4 is 0 Å². The van der Waals surface area contributed by atoms with E-state index in [2.05, 4.69) is 19.9 Å². The summed E-state index contributed by atoms with van der Waals surface area (Å²) in [4.78, 5) is 0.